The van der Waals surface area contributed by atoms with Crippen molar-refractivity contribution in [3.63, 3.8) is 0 Å². The molecule has 3 rings (SSSR count). The molecule has 0 saturated carbocycles. The van der Waals surface area contributed by atoms with Crippen molar-refractivity contribution in [3.05, 3.63) is 53.8 Å². The first-order valence-electron chi connectivity index (χ1n) is 5.44. The van der Waals surface area contributed by atoms with Gasteiger partial charge in [-0.2, -0.15) is 13.2 Å². The van der Waals surface area contributed by atoms with E-state index in [1.807, 2.05) is 23.3 Å². The van der Waals surface area contributed by atoms with Gasteiger partial charge in [-0.1, -0.05) is 12.1 Å². The second-order valence-corrected chi connectivity index (χ2v) is 4.14. The first kappa shape index (κ1) is 11.1. The van der Waals surface area contributed by atoms with E-state index in [9.17, 15) is 13.2 Å². The summed E-state index contributed by atoms with van der Waals surface area (Å²) in [7, 11) is 0. The Balaban J connectivity index is 2.06. The Morgan fingerprint density at radius 1 is 1.17 bits per heavy atom. The Bertz CT molecular complexity index is 582. The fourth-order valence-electron chi connectivity index (χ4n) is 1.99. The van der Waals surface area contributed by atoms with Gasteiger partial charge in [0.15, 0.2) is 0 Å². The molecular weight excluding hydrogens is 241 g/mol. The summed E-state index contributed by atoms with van der Waals surface area (Å²) in [6.07, 6.45) is 3.00. The molecule has 1 aromatic rings. The Kier molecular flexibility index (Phi) is 2.29. The molecule has 0 amide bonds. The van der Waals surface area contributed by atoms with Crippen molar-refractivity contribution in [2.75, 3.05) is 0 Å². The number of benzene rings is 1. The molecule has 0 aliphatic carbocycles. The Labute approximate surface area is 102 Å². The summed E-state index contributed by atoms with van der Waals surface area (Å²) in [5.41, 5.74) is 0.539. The number of fused-ring (bicyclic) bond motifs is 2. The van der Waals surface area contributed by atoms with E-state index in [1.54, 1.807) is 6.08 Å². The normalized spacial score (nSPS) is 17.3. The van der Waals surface area contributed by atoms with Gasteiger partial charge in [0.25, 0.3) is 0 Å². The lowest BCUT2D eigenvalue weighted by atomic mass is 10.1. The molecule has 2 aliphatic heterocycles. The van der Waals surface area contributed by atoms with Gasteiger partial charge in [0.2, 0.25) is 0 Å². The largest absolute Gasteiger partial charge is 0.416 e. The van der Waals surface area contributed by atoms with E-state index in [1.165, 1.54) is 6.07 Å². The van der Waals surface area contributed by atoms with Crippen molar-refractivity contribution < 1.29 is 13.2 Å². The number of nitrogens with zero attached hydrogens (tertiary/aromatic N) is 2. The lowest BCUT2D eigenvalue weighted by Crippen LogP contribution is -2.27. The Hall–Kier alpha value is -2.04. The quantitative estimate of drug-likeness (QED) is 0.686. The van der Waals surface area contributed by atoms with Crippen LogP contribution in [0.4, 0.5) is 18.9 Å². The molecule has 0 atom stereocenters. The van der Waals surface area contributed by atoms with Crippen molar-refractivity contribution in [3.8, 4) is 0 Å². The van der Waals surface area contributed by atoms with Gasteiger partial charge in [-0.15, -0.1) is 0 Å². The summed E-state index contributed by atoms with van der Waals surface area (Å²) in [4.78, 5) is 6.14. The summed E-state index contributed by atoms with van der Waals surface area (Å²) in [6, 6.07) is 3.69. The first-order chi connectivity index (χ1) is 8.54. The van der Waals surface area contributed by atoms with Crippen LogP contribution in [0.15, 0.2) is 47.6 Å². The number of hydrogen-bond acceptors (Lipinski definition) is 2. The van der Waals surface area contributed by atoms with E-state index >= 15 is 0 Å². The lowest BCUT2D eigenvalue weighted by molar-refractivity contribution is -0.137. The molecule has 0 aromatic heterocycles. The smallest absolute Gasteiger partial charge is 0.329 e. The molecular formula is C13H9F3N2. The topological polar surface area (TPSA) is 15.6 Å². The number of halogens is 3. The number of hydrogen-bond donors (Lipinski definition) is 0. The maximum Gasteiger partial charge on any atom is 0.416 e. The number of rotatable bonds is 0. The summed E-state index contributed by atoms with van der Waals surface area (Å²) in [6.45, 7) is 0.549. The highest BCUT2D eigenvalue weighted by Gasteiger charge is 2.31. The zero-order valence-corrected chi connectivity index (χ0v) is 9.28. The molecule has 0 bridgehead atoms. The SMILES string of the molecule is FC(F)(F)c1ccc2c(c1)N=C1C=CC=CN1C2. The summed E-state index contributed by atoms with van der Waals surface area (Å²) < 4.78 is 37.8. The predicted molar refractivity (Wildman–Crippen MR) is 62.4 cm³/mol. The van der Waals surface area contributed by atoms with Gasteiger partial charge in [-0.05, 0) is 29.8 Å². The van der Waals surface area contributed by atoms with Crippen LogP contribution in [-0.2, 0) is 12.7 Å². The highest BCUT2D eigenvalue weighted by atomic mass is 19.4. The lowest BCUT2D eigenvalue weighted by Gasteiger charge is -2.27. The van der Waals surface area contributed by atoms with Crippen molar-refractivity contribution in [1.29, 1.82) is 0 Å². The zero-order valence-electron chi connectivity index (χ0n) is 9.28. The van der Waals surface area contributed by atoms with E-state index in [2.05, 4.69) is 4.99 Å². The van der Waals surface area contributed by atoms with E-state index in [-0.39, 0.29) is 0 Å². The predicted octanol–water partition coefficient (Wildman–Crippen LogP) is 3.63. The van der Waals surface area contributed by atoms with Crippen LogP contribution >= 0.6 is 0 Å². The summed E-state index contributed by atoms with van der Waals surface area (Å²) >= 11 is 0. The maximum absolute atomic E-state index is 12.6. The van der Waals surface area contributed by atoms with Crippen LogP contribution in [0.3, 0.4) is 0 Å². The average Bonchev–Trinajstić information content (AvgIpc) is 2.34. The van der Waals surface area contributed by atoms with Crippen LogP contribution in [0.25, 0.3) is 0 Å². The highest BCUT2D eigenvalue weighted by molar-refractivity contribution is 5.98. The van der Waals surface area contributed by atoms with Crippen LogP contribution in [0.1, 0.15) is 11.1 Å². The monoisotopic (exact) mass is 250 g/mol. The van der Waals surface area contributed by atoms with Gasteiger partial charge in [-0.3, -0.25) is 0 Å². The van der Waals surface area contributed by atoms with E-state index < -0.39 is 11.7 Å². The van der Waals surface area contributed by atoms with Gasteiger partial charge in [0.1, 0.15) is 5.84 Å². The molecule has 0 spiro atoms. The molecule has 5 heteroatoms. The Morgan fingerprint density at radius 3 is 2.78 bits per heavy atom. The van der Waals surface area contributed by atoms with Crippen LogP contribution in [-0.4, -0.2) is 10.7 Å². The average molecular weight is 250 g/mol. The van der Waals surface area contributed by atoms with Crippen LogP contribution < -0.4 is 0 Å². The molecule has 0 N–H and O–H groups in total. The van der Waals surface area contributed by atoms with E-state index in [0.29, 0.717) is 18.1 Å². The van der Waals surface area contributed by atoms with Crippen LogP contribution in [0.2, 0.25) is 0 Å². The van der Waals surface area contributed by atoms with Gasteiger partial charge in [0.05, 0.1) is 17.8 Å². The molecule has 1 aromatic carbocycles. The molecule has 92 valence electrons. The molecule has 2 heterocycles. The van der Waals surface area contributed by atoms with Crippen molar-refractivity contribution >= 4 is 11.5 Å². The molecule has 0 saturated heterocycles. The Morgan fingerprint density at radius 2 is 2.00 bits per heavy atom. The molecule has 2 aliphatic rings. The molecule has 0 fully saturated rings. The van der Waals surface area contributed by atoms with Gasteiger partial charge in [-0.25, -0.2) is 4.99 Å². The molecule has 0 radical (unpaired) electrons. The number of amidine groups is 1. The minimum Gasteiger partial charge on any atom is -0.329 e. The fourth-order valence-corrected chi connectivity index (χ4v) is 1.99. The molecule has 0 unspecified atom stereocenters. The fraction of sp³-hybridized carbons (Fsp3) is 0.154. The summed E-state index contributed by atoms with van der Waals surface area (Å²) in [5, 5.41) is 0. The minimum atomic E-state index is -4.32. The maximum atomic E-state index is 12.6. The minimum absolute atomic E-state index is 0.399. The number of alkyl halides is 3. The van der Waals surface area contributed by atoms with E-state index in [0.717, 1.165) is 17.7 Å². The van der Waals surface area contributed by atoms with Crippen molar-refractivity contribution in [2.24, 2.45) is 4.99 Å². The highest BCUT2D eigenvalue weighted by Crippen LogP contribution is 2.35. The number of aliphatic imine (C=N–C) groups is 1. The van der Waals surface area contributed by atoms with Crippen molar-refractivity contribution in [2.45, 2.75) is 12.7 Å². The zero-order chi connectivity index (χ0) is 12.8. The second-order valence-electron chi connectivity index (χ2n) is 4.14. The van der Waals surface area contributed by atoms with E-state index in [4.69, 9.17) is 0 Å². The summed E-state index contributed by atoms with van der Waals surface area (Å²) in [5.74, 6) is 0.671. The third-order valence-electron chi connectivity index (χ3n) is 2.91. The van der Waals surface area contributed by atoms with Crippen molar-refractivity contribution in [1.82, 2.24) is 4.90 Å². The number of allylic oxidation sites excluding steroid dienone is 2. The van der Waals surface area contributed by atoms with Crippen LogP contribution in [0, 0.1) is 0 Å². The third kappa shape index (κ3) is 1.81. The van der Waals surface area contributed by atoms with Crippen LogP contribution in [0.5, 0.6) is 0 Å². The molecule has 18 heavy (non-hydrogen) atoms. The van der Waals surface area contributed by atoms with Gasteiger partial charge in [0, 0.05) is 6.20 Å². The van der Waals surface area contributed by atoms with Gasteiger partial charge < -0.3 is 4.90 Å². The first-order valence-corrected chi connectivity index (χ1v) is 5.44. The third-order valence-corrected chi connectivity index (χ3v) is 2.91. The standard InChI is InChI=1S/C13H9F3N2/c14-13(15,16)10-5-4-9-8-18-6-2-1-3-12(18)17-11(9)7-10/h1-7H,8H2. The second kappa shape index (κ2) is 3.73. The molecule has 2 nitrogen and oxygen atoms in total. The van der Waals surface area contributed by atoms with Gasteiger partial charge >= 0.3 is 6.18 Å².